The summed E-state index contributed by atoms with van der Waals surface area (Å²) in [7, 11) is 3.22. The van der Waals surface area contributed by atoms with Crippen LogP contribution in [0.5, 0.6) is 11.5 Å². The summed E-state index contributed by atoms with van der Waals surface area (Å²) in [6.07, 6.45) is 0.979. The third-order valence-electron chi connectivity index (χ3n) is 4.30. The van der Waals surface area contributed by atoms with Crippen LogP contribution in [0.3, 0.4) is 0 Å². The van der Waals surface area contributed by atoms with E-state index in [0.29, 0.717) is 12.8 Å². The largest absolute Gasteiger partial charge is 0.497 e. The van der Waals surface area contributed by atoms with Crippen LogP contribution in [-0.4, -0.2) is 20.1 Å². The minimum absolute atomic E-state index is 0.0280. The fourth-order valence-electron chi connectivity index (χ4n) is 2.87. The van der Waals surface area contributed by atoms with Crippen LogP contribution in [0.15, 0.2) is 52.9 Å². The number of carbonyl (C=O) groups is 1. The van der Waals surface area contributed by atoms with Crippen LogP contribution in [0.1, 0.15) is 30.7 Å². The minimum atomic E-state index is -0.185. The van der Waals surface area contributed by atoms with Crippen LogP contribution in [0, 0.1) is 0 Å². The van der Waals surface area contributed by atoms with E-state index < -0.39 is 0 Å². The number of hydrogen-bond donors (Lipinski definition) is 1. The Morgan fingerprint density at radius 2 is 1.77 bits per heavy atom. The molecule has 2 aromatic carbocycles. The van der Waals surface area contributed by atoms with Crippen molar-refractivity contribution < 1.29 is 18.7 Å². The van der Waals surface area contributed by atoms with Gasteiger partial charge in [-0.05, 0) is 43.2 Å². The normalized spacial score (nSPS) is 12.0. The van der Waals surface area contributed by atoms with Crippen LogP contribution in [0.4, 0.5) is 0 Å². The smallest absolute Gasteiger partial charge is 0.220 e. The second-order valence-corrected chi connectivity index (χ2v) is 6.20. The number of nitrogens with one attached hydrogen (secondary N) is 1. The van der Waals surface area contributed by atoms with E-state index in [2.05, 4.69) is 5.32 Å². The van der Waals surface area contributed by atoms with Gasteiger partial charge in [-0.1, -0.05) is 18.2 Å². The van der Waals surface area contributed by atoms with E-state index in [9.17, 15) is 4.79 Å². The maximum absolute atomic E-state index is 12.3. The Bertz CT molecular complexity index is 845. The van der Waals surface area contributed by atoms with E-state index in [1.54, 1.807) is 14.2 Å². The van der Waals surface area contributed by atoms with Crippen molar-refractivity contribution >= 4 is 16.9 Å². The van der Waals surface area contributed by atoms with Gasteiger partial charge in [-0.25, -0.2) is 0 Å². The van der Waals surface area contributed by atoms with Crippen molar-refractivity contribution in [3.63, 3.8) is 0 Å². The average Bonchev–Trinajstić information content (AvgIpc) is 3.10. The molecule has 0 bridgehead atoms. The Hall–Kier alpha value is -2.95. The second-order valence-electron chi connectivity index (χ2n) is 6.20. The lowest BCUT2D eigenvalue weighted by Gasteiger charge is -2.12. The molecule has 136 valence electrons. The fraction of sp³-hybridized carbons (Fsp3) is 0.286. The van der Waals surface area contributed by atoms with Gasteiger partial charge in [-0.2, -0.15) is 0 Å². The number of furan rings is 1. The monoisotopic (exact) mass is 353 g/mol. The summed E-state index contributed by atoms with van der Waals surface area (Å²) in [5.74, 6) is 2.16. The van der Waals surface area contributed by atoms with Gasteiger partial charge in [0.05, 0.1) is 20.3 Å². The van der Waals surface area contributed by atoms with Crippen LogP contribution in [0.2, 0.25) is 0 Å². The van der Waals surface area contributed by atoms with Crippen LogP contribution in [0.25, 0.3) is 11.0 Å². The lowest BCUT2D eigenvalue weighted by Crippen LogP contribution is -2.26. The molecule has 0 fully saturated rings. The number of para-hydroxylation sites is 1. The number of methoxy groups -OCH3 is 2. The molecule has 3 rings (SSSR count). The zero-order valence-corrected chi connectivity index (χ0v) is 15.2. The molecule has 1 aromatic heterocycles. The van der Waals surface area contributed by atoms with Crippen molar-refractivity contribution in [3.05, 3.63) is 59.9 Å². The summed E-state index contributed by atoms with van der Waals surface area (Å²) >= 11 is 0. The molecule has 0 aliphatic carbocycles. The van der Waals surface area contributed by atoms with E-state index in [1.807, 2.05) is 55.5 Å². The summed E-state index contributed by atoms with van der Waals surface area (Å²) < 4.78 is 16.3. The van der Waals surface area contributed by atoms with Gasteiger partial charge in [0.2, 0.25) is 5.91 Å². The quantitative estimate of drug-likeness (QED) is 0.689. The molecule has 0 saturated carbocycles. The summed E-state index contributed by atoms with van der Waals surface area (Å²) in [5, 5.41) is 4.02. The number of fused-ring (bicyclic) bond motifs is 1. The molecule has 26 heavy (non-hydrogen) atoms. The molecule has 1 N–H and O–H groups in total. The topological polar surface area (TPSA) is 60.7 Å². The van der Waals surface area contributed by atoms with E-state index in [-0.39, 0.29) is 11.9 Å². The Kier molecular flexibility index (Phi) is 5.46. The molecule has 3 aromatic rings. The van der Waals surface area contributed by atoms with Crippen molar-refractivity contribution in [2.24, 2.45) is 0 Å². The Morgan fingerprint density at radius 1 is 1.08 bits per heavy atom. The number of ether oxygens (including phenoxy) is 2. The lowest BCUT2D eigenvalue weighted by atomic mass is 10.1. The molecule has 0 spiro atoms. The van der Waals surface area contributed by atoms with Crippen LogP contribution >= 0.6 is 0 Å². The molecule has 5 heteroatoms. The summed E-state index contributed by atoms with van der Waals surface area (Å²) in [4.78, 5) is 12.3. The van der Waals surface area contributed by atoms with Crippen molar-refractivity contribution in [1.82, 2.24) is 5.32 Å². The predicted octanol–water partition coefficient (Wildman–Crippen LogP) is 4.26. The summed E-state index contributed by atoms with van der Waals surface area (Å²) in [6.45, 7) is 1.92. The highest BCUT2D eigenvalue weighted by Gasteiger charge is 2.14. The molecule has 0 radical (unpaired) electrons. The Balaban J connectivity index is 1.60. The molecule has 1 amide bonds. The van der Waals surface area contributed by atoms with Crippen molar-refractivity contribution in [1.29, 1.82) is 0 Å². The average molecular weight is 353 g/mol. The van der Waals surface area contributed by atoms with Crippen LogP contribution in [-0.2, 0) is 11.2 Å². The summed E-state index contributed by atoms with van der Waals surface area (Å²) in [5.41, 5.74) is 1.82. The number of carbonyl (C=O) groups excluding carboxylic acids is 1. The molecule has 0 saturated heterocycles. The first-order valence-electron chi connectivity index (χ1n) is 8.59. The maximum Gasteiger partial charge on any atom is 0.220 e. The molecule has 0 aliphatic rings. The fourth-order valence-corrected chi connectivity index (χ4v) is 2.87. The standard InChI is InChI=1S/C21H23NO4/c1-14(20-12-16-6-4-5-7-19(16)26-20)22-21(23)9-8-15-10-17(24-2)13-18(11-15)25-3/h4-7,10-14H,8-9H2,1-3H3,(H,22,23)/t14-/m1/s1. The molecule has 0 aliphatic heterocycles. The van der Waals surface area contributed by atoms with E-state index in [4.69, 9.17) is 13.9 Å². The SMILES string of the molecule is COc1cc(CCC(=O)N[C@H](C)c2cc3ccccc3o2)cc(OC)c1. The second kappa shape index (κ2) is 7.95. The van der Waals surface area contributed by atoms with Crippen molar-refractivity contribution in [2.75, 3.05) is 14.2 Å². The number of hydrogen-bond acceptors (Lipinski definition) is 4. The van der Waals surface area contributed by atoms with Gasteiger partial charge in [0.1, 0.15) is 22.8 Å². The first kappa shape index (κ1) is 17.9. The van der Waals surface area contributed by atoms with Gasteiger partial charge in [0.25, 0.3) is 0 Å². The van der Waals surface area contributed by atoms with Gasteiger partial charge in [-0.3, -0.25) is 4.79 Å². The predicted molar refractivity (Wildman–Crippen MR) is 101 cm³/mol. The first-order chi connectivity index (χ1) is 12.6. The van der Waals surface area contributed by atoms with Gasteiger partial charge < -0.3 is 19.2 Å². The molecule has 1 atom stereocenters. The summed E-state index contributed by atoms with van der Waals surface area (Å²) in [6, 6.07) is 15.2. The third-order valence-corrected chi connectivity index (χ3v) is 4.30. The number of rotatable bonds is 7. The van der Waals surface area contributed by atoms with Gasteiger partial charge in [0, 0.05) is 17.9 Å². The highest BCUT2D eigenvalue weighted by molar-refractivity contribution is 5.79. The third kappa shape index (κ3) is 4.17. The van der Waals surface area contributed by atoms with Crippen molar-refractivity contribution in [2.45, 2.75) is 25.8 Å². The molecule has 0 unspecified atom stereocenters. The van der Waals surface area contributed by atoms with Gasteiger partial charge >= 0.3 is 0 Å². The van der Waals surface area contributed by atoms with E-state index in [1.165, 1.54) is 0 Å². The van der Waals surface area contributed by atoms with Gasteiger partial charge in [0.15, 0.2) is 0 Å². The molecule has 5 nitrogen and oxygen atoms in total. The zero-order chi connectivity index (χ0) is 18.5. The molecule has 1 heterocycles. The first-order valence-corrected chi connectivity index (χ1v) is 8.59. The van der Waals surface area contributed by atoms with E-state index >= 15 is 0 Å². The zero-order valence-electron chi connectivity index (χ0n) is 15.2. The number of aryl methyl sites for hydroxylation is 1. The van der Waals surface area contributed by atoms with Gasteiger partial charge in [-0.15, -0.1) is 0 Å². The molecular formula is C21H23NO4. The minimum Gasteiger partial charge on any atom is -0.497 e. The number of benzene rings is 2. The number of amides is 1. The highest BCUT2D eigenvalue weighted by Crippen LogP contribution is 2.25. The lowest BCUT2D eigenvalue weighted by molar-refractivity contribution is -0.121. The molecular weight excluding hydrogens is 330 g/mol. The highest BCUT2D eigenvalue weighted by atomic mass is 16.5. The Morgan fingerprint density at radius 3 is 2.42 bits per heavy atom. The Labute approximate surface area is 152 Å². The van der Waals surface area contributed by atoms with Crippen molar-refractivity contribution in [3.8, 4) is 11.5 Å². The maximum atomic E-state index is 12.3. The van der Waals surface area contributed by atoms with Crippen LogP contribution < -0.4 is 14.8 Å². The van der Waals surface area contributed by atoms with E-state index in [0.717, 1.165) is 33.8 Å².